The summed E-state index contributed by atoms with van der Waals surface area (Å²) in [6, 6.07) is 5.12. The predicted octanol–water partition coefficient (Wildman–Crippen LogP) is 2.92. The van der Waals surface area contributed by atoms with E-state index in [-0.39, 0.29) is 5.75 Å². The molecule has 0 aliphatic heterocycles. The minimum atomic E-state index is -2.83. The molecule has 1 aromatic rings. The second kappa shape index (κ2) is 8.44. The molecule has 0 bridgehead atoms. The number of aryl methyl sites for hydroxylation is 1. The summed E-state index contributed by atoms with van der Waals surface area (Å²) in [6.45, 7) is 4.41. The Morgan fingerprint density at radius 2 is 2.00 bits per heavy atom. The fourth-order valence-electron chi connectivity index (χ4n) is 1.76. The van der Waals surface area contributed by atoms with Gasteiger partial charge in [0.2, 0.25) is 0 Å². The Hall–Kier alpha value is -1.85. The Balaban J connectivity index is 2.70. The van der Waals surface area contributed by atoms with Crippen molar-refractivity contribution in [3.05, 3.63) is 29.3 Å². The quantitative estimate of drug-likeness (QED) is 0.627. The van der Waals surface area contributed by atoms with Crippen LogP contribution in [-0.4, -0.2) is 26.2 Å². The molecule has 1 rings (SSSR count). The number of nitrogens with one attached hydrogen (secondary N) is 2. The van der Waals surface area contributed by atoms with E-state index in [1.54, 1.807) is 19.2 Å². The van der Waals surface area contributed by atoms with Crippen molar-refractivity contribution in [3.63, 3.8) is 0 Å². The zero-order valence-electron chi connectivity index (χ0n) is 12.9. The van der Waals surface area contributed by atoms with E-state index in [0.717, 1.165) is 12.1 Å². The van der Waals surface area contributed by atoms with Gasteiger partial charge >= 0.3 is 6.61 Å². The van der Waals surface area contributed by atoms with Crippen molar-refractivity contribution >= 4 is 5.96 Å². The molecule has 21 heavy (non-hydrogen) atoms. The van der Waals surface area contributed by atoms with Crippen LogP contribution in [0, 0.1) is 12.8 Å². The number of benzene rings is 1. The maximum atomic E-state index is 12.4. The highest BCUT2D eigenvalue weighted by Crippen LogP contribution is 2.21. The van der Waals surface area contributed by atoms with Crippen molar-refractivity contribution in [2.75, 3.05) is 13.6 Å². The number of hydrogen-bond donors (Lipinski definition) is 2. The first kappa shape index (κ1) is 17.2. The van der Waals surface area contributed by atoms with Gasteiger partial charge < -0.3 is 15.4 Å². The lowest BCUT2D eigenvalue weighted by atomic mass is 10.1. The second-order valence-corrected chi connectivity index (χ2v) is 5.19. The number of rotatable bonds is 6. The highest BCUT2D eigenvalue weighted by Gasteiger charge is 2.10. The van der Waals surface area contributed by atoms with Crippen molar-refractivity contribution < 1.29 is 13.5 Å². The molecule has 0 radical (unpaired) electrons. The summed E-state index contributed by atoms with van der Waals surface area (Å²) in [5.41, 5.74) is 1.65. The number of hydrogen-bond acceptors (Lipinski definition) is 2. The Labute approximate surface area is 124 Å². The van der Waals surface area contributed by atoms with Gasteiger partial charge in [-0.25, -0.2) is 0 Å². The minimum Gasteiger partial charge on any atom is -0.434 e. The monoisotopic (exact) mass is 299 g/mol. The van der Waals surface area contributed by atoms with Gasteiger partial charge in [-0.3, -0.25) is 4.99 Å². The fraction of sp³-hybridized carbons (Fsp3) is 0.533. The summed E-state index contributed by atoms with van der Waals surface area (Å²) >= 11 is 0. The van der Waals surface area contributed by atoms with Gasteiger partial charge in [-0.2, -0.15) is 8.78 Å². The van der Waals surface area contributed by atoms with Gasteiger partial charge in [0.15, 0.2) is 5.96 Å². The fourth-order valence-corrected chi connectivity index (χ4v) is 1.76. The molecule has 0 spiro atoms. The van der Waals surface area contributed by atoms with E-state index in [4.69, 9.17) is 0 Å². The Kier molecular flexibility index (Phi) is 6.91. The molecule has 0 fully saturated rings. The topological polar surface area (TPSA) is 45.7 Å². The van der Waals surface area contributed by atoms with Crippen LogP contribution in [0.4, 0.5) is 8.78 Å². The van der Waals surface area contributed by atoms with E-state index in [1.807, 2.05) is 13.0 Å². The highest BCUT2D eigenvalue weighted by atomic mass is 19.3. The molecular weight excluding hydrogens is 276 g/mol. The molecule has 0 heterocycles. The van der Waals surface area contributed by atoms with E-state index < -0.39 is 6.61 Å². The predicted molar refractivity (Wildman–Crippen MR) is 80.9 cm³/mol. The van der Waals surface area contributed by atoms with Crippen molar-refractivity contribution in [2.24, 2.45) is 10.9 Å². The summed E-state index contributed by atoms with van der Waals surface area (Å²) < 4.78 is 29.3. The molecule has 0 aliphatic carbocycles. The lowest BCUT2D eigenvalue weighted by molar-refractivity contribution is -0.0504. The van der Waals surface area contributed by atoms with Gasteiger partial charge in [-0.05, 0) is 18.9 Å². The lowest BCUT2D eigenvalue weighted by Crippen LogP contribution is -2.38. The third-order valence-corrected chi connectivity index (χ3v) is 2.78. The van der Waals surface area contributed by atoms with Crippen LogP contribution >= 0.6 is 0 Å². The van der Waals surface area contributed by atoms with Gasteiger partial charge in [-0.15, -0.1) is 0 Å². The van der Waals surface area contributed by atoms with Gasteiger partial charge in [0.05, 0.1) is 0 Å². The smallest absolute Gasteiger partial charge is 0.387 e. The van der Waals surface area contributed by atoms with Gasteiger partial charge in [0, 0.05) is 25.7 Å². The van der Waals surface area contributed by atoms with E-state index in [0.29, 0.717) is 24.0 Å². The van der Waals surface area contributed by atoms with Crippen LogP contribution in [0.3, 0.4) is 0 Å². The Bertz CT molecular complexity index is 476. The van der Waals surface area contributed by atoms with Crippen molar-refractivity contribution in [2.45, 2.75) is 33.9 Å². The van der Waals surface area contributed by atoms with Crippen LogP contribution in [0.15, 0.2) is 23.2 Å². The number of nitrogens with zero attached hydrogens (tertiary/aromatic N) is 1. The van der Waals surface area contributed by atoms with Crippen molar-refractivity contribution in [1.82, 2.24) is 10.6 Å². The maximum absolute atomic E-state index is 12.4. The zero-order valence-corrected chi connectivity index (χ0v) is 12.9. The molecule has 0 aliphatic rings. The van der Waals surface area contributed by atoms with E-state index >= 15 is 0 Å². The average Bonchev–Trinajstić information content (AvgIpc) is 2.41. The normalized spacial score (nSPS) is 11.9. The highest BCUT2D eigenvalue weighted by molar-refractivity contribution is 5.79. The molecule has 2 N–H and O–H groups in total. The van der Waals surface area contributed by atoms with Gasteiger partial charge in [-0.1, -0.05) is 31.5 Å². The Morgan fingerprint density at radius 3 is 2.57 bits per heavy atom. The first-order chi connectivity index (χ1) is 9.92. The number of halogens is 2. The van der Waals surface area contributed by atoms with Gasteiger partial charge in [0.25, 0.3) is 0 Å². The molecule has 118 valence electrons. The molecule has 1 aromatic carbocycles. The third kappa shape index (κ3) is 6.42. The molecule has 0 saturated heterocycles. The maximum Gasteiger partial charge on any atom is 0.387 e. The first-order valence-electron chi connectivity index (χ1n) is 6.91. The van der Waals surface area contributed by atoms with Crippen LogP contribution in [0.5, 0.6) is 5.75 Å². The van der Waals surface area contributed by atoms with Crippen molar-refractivity contribution in [1.29, 1.82) is 0 Å². The molecule has 0 amide bonds. The zero-order chi connectivity index (χ0) is 15.8. The standard InChI is InChI=1S/C15H23F2N3O/c1-10(2)8-19-15(18-4)20-9-12-7-11(3)5-6-13(12)21-14(16)17/h5-7,10,14H,8-9H2,1-4H3,(H2,18,19,20). The lowest BCUT2D eigenvalue weighted by Gasteiger charge is -2.16. The largest absolute Gasteiger partial charge is 0.434 e. The number of ether oxygens (including phenoxy) is 1. The third-order valence-electron chi connectivity index (χ3n) is 2.78. The van der Waals surface area contributed by atoms with Crippen LogP contribution < -0.4 is 15.4 Å². The van der Waals surface area contributed by atoms with Gasteiger partial charge in [0.1, 0.15) is 5.75 Å². The molecule has 0 atom stereocenters. The van der Waals surface area contributed by atoms with Crippen molar-refractivity contribution in [3.8, 4) is 5.75 Å². The van der Waals surface area contributed by atoms with Crippen LogP contribution in [0.2, 0.25) is 0 Å². The molecule has 0 aromatic heterocycles. The molecular formula is C15H23F2N3O. The molecule has 4 nitrogen and oxygen atoms in total. The Morgan fingerprint density at radius 1 is 1.29 bits per heavy atom. The number of alkyl halides is 2. The molecule has 6 heteroatoms. The van der Waals surface area contributed by atoms with E-state index in [9.17, 15) is 8.78 Å². The molecule has 0 saturated carbocycles. The summed E-state index contributed by atoms with van der Waals surface area (Å²) in [4.78, 5) is 4.09. The van der Waals surface area contributed by atoms with E-state index in [2.05, 4.69) is 34.2 Å². The first-order valence-corrected chi connectivity index (χ1v) is 6.91. The van der Waals surface area contributed by atoms with Crippen LogP contribution in [0.25, 0.3) is 0 Å². The summed E-state index contributed by atoms with van der Waals surface area (Å²) in [5.74, 6) is 1.30. The molecule has 0 unspecified atom stereocenters. The number of aliphatic imine (C=N–C) groups is 1. The second-order valence-electron chi connectivity index (χ2n) is 5.19. The summed E-state index contributed by atoms with van der Waals surface area (Å²) in [5, 5.41) is 6.26. The summed E-state index contributed by atoms with van der Waals surface area (Å²) in [7, 11) is 1.67. The average molecular weight is 299 g/mol. The SMILES string of the molecule is CN=C(NCc1cc(C)ccc1OC(F)F)NCC(C)C. The summed E-state index contributed by atoms with van der Waals surface area (Å²) in [6.07, 6.45) is 0. The van der Waals surface area contributed by atoms with E-state index in [1.165, 1.54) is 0 Å². The minimum absolute atomic E-state index is 0.183. The number of guanidine groups is 1. The van der Waals surface area contributed by atoms with Crippen LogP contribution in [0.1, 0.15) is 25.0 Å². The van der Waals surface area contributed by atoms with Crippen LogP contribution in [-0.2, 0) is 6.54 Å².